The van der Waals surface area contributed by atoms with Crippen LogP contribution in [0, 0.1) is 19.7 Å². The monoisotopic (exact) mass is 554 g/mol. The number of carbonyl (C=O) groups is 1. The summed E-state index contributed by atoms with van der Waals surface area (Å²) < 4.78 is 16.6. The lowest BCUT2D eigenvalue weighted by atomic mass is 10.1. The molecule has 0 radical (unpaired) electrons. The largest absolute Gasteiger partial charge is 0.368 e. The summed E-state index contributed by atoms with van der Waals surface area (Å²) >= 11 is 1.31. The number of aryl methyl sites for hydroxylation is 2. The molecule has 0 aliphatic carbocycles. The summed E-state index contributed by atoms with van der Waals surface area (Å²) in [5.74, 6) is -0.191. The summed E-state index contributed by atoms with van der Waals surface area (Å²) in [6.07, 6.45) is 0. The molecule has 40 heavy (non-hydrogen) atoms. The van der Waals surface area contributed by atoms with Gasteiger partial charge in [0.25, 0.3) is 0 Å². The van der Waals surface area contributed by atoms with Crippen LogP contribution in [0.2, 0.25) is 0 Å². The second-order valence-electron chi connectivity index (χ2n) is 10.3. The maximum atomic E-state index is 14.6. The summed E-state index contributed by atoms with van der Waals surface area (Å²) in [6, 6.07) is 21.2. The topological polar surface area (TPSA) is 67.2 Å². The first-order valence-electron chi connectivity index (χ1n) is 13.5. The molecular weight excluding hydrogens is 523 g/mol. The SMILES string of the molecule is Cc1ccc2c(c1)c1nnc(SC(C)C(=O)N3CCN(c4ccccc4C)CC3)nc1n2Cc1ccccc1F. The molecule has 0 spiro atoms. The zero-order chi connectivity index (χ0) is 27.8. The van der Waals surface area contributed by atoms with Crippen molar-refractivity contribution in [3.63, 3.8) is 0 Å². The minimum absolute atomic E-state index is 0.0701. The summed E-state index contributed by atoms with van der Waals surface area (Å²) in [5.41, 5.74) is 6.36. The molecule has 1 saturated heterocycles. The van der Waals surface area contributed by atoms with Crippen LogP contribution < -0.4 is 4.90 Å². The summed E-state index contributed by atoms with van der Waals surface area (Å²) in [5, 5.41) is 9.92. The molecule has 5 aromatic rings. The molecule has 204 valence electrons. The van der Waals surface area contributed by atoms with Crippen LogP contribution in [-0.4, -0.2) is 62.0 Å². The van der Waals surface area contributed by atoms with E-state index in [0.29, 0.717) is 41.5 Å². The van der Waals surface area contributed by atoms with Gasteiger partial charge >= 0.3 is 0 Å². The molecule has 1 aliphatic rings. The third kappa shape index (κ3) is 5.01. The molecule has 3 aromatic carbocycles. The maximum absolute atomic E-state index is 14.6. The summed E-state index contributed by atoms with van der Waals surface area (Å²) in [6.45, 7) is 9.30. The zero-order valence-corrected chi connectivity index (χ0v) is 23.7. The van der Waals surface area contributed by atoms with E-state index < -0.39 is 0 Å². The molecule has 1 unspecified atom stereocenters. The van der Waals surface area contributed by atoms with Gasteiger partial charge in [-0.05, 0) is 50.6 Å². The molecular formula is C31H31FN6OS. The van der Waals surface area contributed by atoms with Gasteiger partial charge in [-0.2, -0.15) is 0 Å². The zero-order valence-electron chi connectivity index (χ0n) is 22.8. The number of halogens is 1. The van der Waals surface area contributed by atoms with Gasteiger partial charge in [0.1, 0.15) is 11.3 Å². The molecule has 9 heteroatoms. The Morgan fingerprint density at radius 2 is 1.73 bits per heavy atom. The van der Waals surface area contributed by atoms with Gasteiger partial charge in [0.2, 0.25) is 11.1 Å². The minimum Gasteiger partial charge on any atom is -0.368 e. The molecule has 7 nitrogen and oxygen atoms in total. The highest BCUT2D eigenvalue weighted by atomic mass is 32.2. The highest BCUT2D eigenvalue weighted by Crippen LogP contribution is 2.31. The van der Waals surface area contributed by atoms with E-state index in [1.165, 1.54) is 29.1 Å². The second-order valence-corrected chi connectivity index (χ2v) is 11.6. The van der Waals surface area contributed by atoms with Crippen molar-refractivity contribution in [2.45, 2.75) is 37.7 Å². The lowest BCUT2D eigenvalue weighted by Gasteiger charge is -2.37. The number of para-hydroxylation sites is 1. The van der Waals surface area contributed by atoms with Gasteiger partial charge in [-0.1, -0.05) is 59.8 Å². The van der Waals surface area contributed by atoms with Gasteiger partial charge in [0.05, 0.1) is 17.3 Å². The summed E-state index contributed by atoms with van der Waals surface area (Å²) in [4.78, 5) is 22.5. The number of hydrogen-bond acceptors (Lipinski definition) is 6. The van der Waals surface area contributed by atoms with Crippen LogP contribution in [0.25, 0.3) is 22.1 Å². The quantitative estimate of drug-likeness (QED) is 0.254. The van der Waals surface area contributed by atoms with Crippen LogP contribution >= 0.6 is 11.8 Å². The number of amides is 1. The Labute approximate surface area is 237 Å². The number of hydrogen-bond donors (Lipinski definition) is 0. The third-order valence-electron chi connectivity index (χ3n) is 7.57. The maximum Gasteiger partial charge on any atom is 0.236 e. The first kappa shape index (κ1) is 26.3. The Hall–Kier alpha value is -3.98. The van der Waals surface area contributed by atoms with Gasteiger partial charge in [0.15, 0.2) is 5.65 Å². The fourth-order valence-electron chi connectivity index (χ4n) is 5.41. The number of nitrogens with zero attached hydrogens (tertiary/aromatic N) is 6. The van der Waals surface area contributed by atoms with Crippen molar-refractivity contribution in [1.29, 1.82) is 0 Å². The fraction of sp³-hybridized carbons (Fsp3) is 0.290. The molecule has 3 heterocycles. The van der Waals surface area contributed by atoms with Gasteiger partial charge in [-0.3, -0.25) is 4.79 Å². The Bertz CT molecular complexity index is 1710. The van der Waals surface area contributed by atoms with Crippen molar-refractivity contribution in [3.05, 3.63) is 89.2 Å². The fourth-order valence-corrected chi connectivity index (χ4v) is 6.21. The molecule has 0 N–H and O–H groups in total. The van der Waals surface area contributed by atoms with Gasteiger partial charge in [0, 0.05) is 42.8 Å². The molecule has 1 aliphatic heterocycles. The highest BCUT2D eigenvalue weighted by Gasteiger charge is 2.27. The number of piperazine rings is 1. The Morgan fingerprint density at radius 1 is 0.975 bits per heavy atom. The molecule has 1 atom stereocenters. The van der Waals surface area contributed by atoms with Crippen molar-refractivity contribution in [1.82, 2.24) is 24.6 Å². The van der Waals surface area contributed by atoms with Crippen LogP contribution in [-0.2, 0) is 11.3 Å². The van der Waals surface area contributed by atoms with Crippen molar-refractivity contribution in [2.75, 3.05) is 31.1 Å². The number of anilines is 1. The number of rotatable bonds is 6. The average molecular weight is 555 g/mol. The predicted octanol–water partition coefficient (Wildman–Crippen LogP) is 5.61. The van der Waals surface area contributed by atoms with Gasteiger partial charge in [-0.15, -0.1) is 10.2 Å². The van der Waals surface area contributed by atoms with Crippen LogP contribution in [0.4, 0.5) is 10.1 Å². The molecule has 1 fully saturated rings. The van der Waals surface area contributed by atoms with E-state index in [1.54, 1.807) is 12.1 Å². The van der Waals surface area contributed by atoms with E-state index in [0.717, 1.165) is 29.6 Å². The molecule has 2 aromatic heterocycles. The predicted molar refractivity (Wildman–Crippen MR) is 158 cm³/mol. The second kappa shape index (κ2) is 10.9. The van der Waals surface area contributed by atoms with Crippen LogP contribution in [0.3, 0.4) is 0 Å². The van der Waals surface area contributed by atoms with Crippen LogP contribution in [0.15, 0.2) is 71.9 Å². The highest BCUT2D eigenvalue weighted by molar-refractivity contribution is 8.00. The lowest BCUT2D eigenvalue weighted by Crippen LogP contribution is -2.50. The molecule has 1 amide bonds. The Balaban J connectivity index is 1.23. The van der Waals surface area contributed by atoms with E-state index in [1.807, 2.05) is 47.6 Å². The van der Waals surface area contributed by atoms with Crippen molar-refractivity contribution in [3.8, 4) is 0 Å². The number of benzene rings is 3. The van der Waals surface area contributed by atoms with Crippen molar-refractivity contribution in [2.24, 2.45) is 0 Å². The van der Waals surface area contributed by atoms with E-state index in [4.69, 9.17) is 4.98 Å². The van der Waals surface area contributed by atoms with Crippen molar-refractivity contribution >= 4 is 45.4 Å². The van der Waals surface area contributed by atoms with Crippen LogP contribution in [0.1, 0.15) is 23.6 Å². The minimum atomic E-state index is -0.365. The number of fused-ring (bicyclic) bond motifs is 3. The van der Waals surface area contributed by atoms with Crippen molar-refractivity contribution < 1.29 is 9.18 Å². The normalized spacial score (nSPS) is 14.7. The van der Waals surface area contributed by atoms with E-state index in [-0.39, 0.29) is 17.0 Å². The Kier molecular flexibility index (Phi) is 7.14. The molecule has 0 saturated carbocycles. The smallest absolute Gasteiger partial charge is 0.236 e. The average Bonchev–Trinajstić information content (AvgIpc) is 3.26. The number of carbonyl (C=O) groups excluding carboxylic acids is 1. The number of thioether (sulfide) groups is 1. The Morgan fingerprint density at radius 3 is 2.50 bits per heavy atom. The molecule has 0 bridgehead atoms. The van der Waals surface area contributed by atoms with E-state index in [2.05, 4.69) is 46.3 Å². The number of aromatic nitrogens is 4. The third-order valence-corrected chi connectivity index (χ3v) is 8.51. The summed E-state index contributed by atoms with van der Waals surface area (Å²) in [7, 11) is 0. The van der Waals surface area contributed by atoms with Crippen LogP contribution in [0.5, 0.6) is 0 Å². The van der Waals surface area contributed by atoms with E-state index >= 15 is 0 Å². The van der Waals surface area contributed by atoms with E-state index in [9.17, 15) is 9.18 Å². The first-order chi connectivity index (χ1) is 19.4. The molecule has 6 rings (SSSR count). The van der Waals surface area contributed by atoms with Gasteiger partial charge in [-0.25, -0.2) is 9.37 Å². The van der Waals surface area contributed by atoms with Gasteiger partial charge < -0.3 is 14.4 Å². The standard InChI is InChI=1S/C31H31FN6OS/c1-20-12-13-27-24(18-20)28-29(38(27)19-23-9-5-6-10-25(23)32)33-31(35-34-28)40-22(3)30(39)37-16-14-36(15-17-37)26-11-7-4-8-21(26)2/h4-13,18,22H,14-17,19H2,1-3H3. The first-order valence-corrected chi connectivity index (χ1v) is 14.4. The lowest BCUT2D eigenvalue weighted by molar-refractivity contribution is -0.130.